The van der Waals surface area contributed by atoms with Crippen molar-refractivity contribution in [1.29, 1.82) is 0 Å². The Bertz CT molecular complexity index is 1020. The van der Waals surface area contributed by atoms with Crippen LogP contribution in [0.3, 0.4) is 0 Å². The van der Waals surface area contributed by atoms with Crippen LogP contribution < -0.4 is 26.6 Å². The topological polar surface area (TPSA) is 142 Å². The van der Waals surface area contributed by atoms with Crippen LogP contribution >= 0.6 is 0 Å². The molecule has 2 aromatic carbocycles. The third kappa shape index (κ3) is 6.49. The maximum Gasteiger partial charge on any atom is 0.249 e. The van der Waals surface area contributed by atoms with Crippen molar-refractivity contribution in [3.63, 3.8) is 0 Å². The van der Waals surface area contributed by atoms with Crippen LogP contribution in [0.25, 0.3) is 6.08 Å². The molecule has 0 fully saturated rings. The van der Waals surface area contributed by atoms with E-state index >= 15 is 0 Å². The van der Waals surface area contributed by atoms with Crippen molar-refractivity contribution in [2.24, 2.45) is 11.6 Å². The van der Waals surface area contributed by atoms with E-state index in [1.165, 1.54) is 17.4 Å². The van der Waals surface area contributed by atoms with Gasteiger partial charge in [-0.3, -0.25) is 4.79 Å². The van der Waals surface area contributed by atoms with Gasteiger partial charge in [0.15, 0.2) is 0 Å². The lowest BCUT2D eigenvalue weighted by Gasteiger charge is -2.17. The molecule has 1 amide bonds. The quantitative estimate of drug-likeness (QED) is 0.194. The van der Waals surface area contributed by atoms with Crippen molar-refractivity contribution >= 4 is 35.3 Å². The van der Waals surface area contributed by atoms with E-state index in [4.69, 9.17) is 21.1 Å². The number of rotatable bonds is 10. The summed E-state index contributed by atoms with van der Waals surface area (Å²) in [6.07, 6.45) is 4.28. The van der Waals surface area contributed by atoms with Gasteiger partial charge in [-0.15, -0.1) is 0 Å². The molecule has 10 nitrogen and oxygen atoms in total. The van der Waals surface area contributed by atoms with Crippen molar-refractivity contribution < 1.29 is 14.3 Å². The molecule has 160 valence electrons. The zero-order valence-corrected chi connectivity index (χ0v) is 16.9. The third-order valence-electron chi connectivity index (χ3n) is 4.05. The second kappa shape index (κ2) is 10.7. The molecule has 5 N–H and O–H groups in total. The molecule has 1 aromatic heterocycles. The van der Waals surface area contributed by atoms with Crippen LogP contribution in [0, 0.1) is 0 Å². The molecule has 0 bridgehead atoms. The van der Waals surface area contributed by atoms with Crippen molar-refractivity contribution in [2.75, 3.05) is 30.6 Å². The predicted octanol–water partition coefficient (Wildman–Crippen LogP) is 2.15. The molecule has 0 aliphatic rings. The molecule has 0 saturated heterocycles. The molecule has 31 heavy (non-hydrogen) atoms. The van der Waals surface area contributed by atoms with Crippen molar-refractivity contribution in [2.45, 2.75) is 0 Å². The van der Waals surface area contributed by atoms with E-state index in [-0.39, 0.29) is 5.95 Å². The van der Waals surface area contributed by atoms with E-state index in [1.807, 2.05) is 24.3 Å². The first kappa shape index (κ1) is 21.7. The highest BCUT2D eigenvalue weighted by atomic mass is 16.5. The van der Waals surface area contributed by atoms with Gasteiger partial charge in [0.2, 0.25) is 17.8 Å². The highest BCUT2D eigenvalue weighted by molar-refractivity contribution is 5.90. The minimum atomic E-state index is -0.511. The smallest absolute Gasteiger partial charge is 0.249 e. The zero-order valence-electron chi connectivity index (χ0n) is 16.9. The summed E-state index contributed by atoms with van der Waals surface area (Å²) in [4.78, 5) is 23.4. The molecule has 0 spiro atoms. The Morgan fingerprint density at radius 1 is 1.10 bits per heavy atom. The van der Waals surface area contributed by atoms with Gasteiger partial charge in [-0.05, 0) is 48.0 Å². The number of carbonyl (C=O) groups is 1. The number of nitrogens with two attached hydrogens (primary N) is 2. The van der Waals surface area contributed by atoms with E-state index in [9.17, 15) is 4.79 Å². The lowest BCUT2D eigenvalue weighted by Crippen LogP contribution is -2.27. The molecule has 0 atom stereocenters. The first-order chi connectivity index (χ1) is 15.0. The fourth-order valence-electron chi connectivity index (χ4n) is 2.51. The Balaban J connectivity index is 1.66. The van der Waals surface area contributed by atoms with Gasteiger partial charge in [0.1, 0.15) is 18.7 Å². The number of hydrazine groups is 1. The number of aromatic nitrogens is 3. The molecule has 10 heteroatoms. The first-order valence-electron chi connectivity index (χ1n) is 9.35. The molecule has 0 aliphatic carbocycles. The fraction of sp³-hybridized carbons (Fsp3) is 0.143. The van der Waals surface area contributed by atoms with Crippen molar-refractivity contribution in [1.82, 2.24) is 15.0 Å². The Labute approximate surface area is 179 Å². The number of anilines is 4. The van der Waals surface area contributed by atoms with Gasteiger partial charge in [0, 0.05) is 18.9 Å². The summed E-state index contributed by atoms with van der Waals surface area (Å²) in [6.45, 7) is 1.00. The first-order valence-corrected chi connectivity index (χ1v) is 9.35. The van der Waals surface area contributed by atoms with Crippen LogP contribution in [0.2, 0.25) is 0 Å². The summed E-state index contributed by atoms with van der Waals surface area (Å²) in [7, 11) is 1.63. The van der Waals surface area contributed by atoms with Gasteiger partial charge >= 0.3 is 0 Å². The Hall–Kier alpha value is -4.02. The van der Waals surface area contributed by atoms with Crippen LogP contribution in [0.4, 0.5) is 23.3 Å². The molecule has 0 aliphatic heterocycles. The number of benzene rings is 2. The molecular weight excluding hydrogens is 398 g/mol. The van der Waals surface area contributed by atoms with Crippen molar-refractivity contribution in [3.05, 3.63) is 66.5 Å². The number of methoxy groups -OCH3 is 1. The Kier molecular flexibility index (Phi) is 7.46. The number of hydrogen-bond donors (Lipinski definition) is 3. The van der Waals surface area contributed by atoms with Crippen LogP contribution in [0.5, 0.6) is 5.75 Å². The summed E-state index contributed by atoms with van der Waals surface area (Å²) in [6, 6.07) is 14.5. The van der Waals surface area contributed by atoms with Gasteiger partial charge < -0.3 is 20.5 Å². The normalized spacial score (nSPS) is 10.8. The number of primary amides is 1. The molecule has 3 aromatic rings. The van der Waals surface area contributed by atoms with E-state index in [0.717, 1.165) is 17.0 Å². The highest BCUT2D eigenvalue weighted by Gasteiger charge is 2.10. The number of amides is 1. The average molecular weight is 421 g/mol. The average Bonchev–Trinajstić information content (AvgIpc) is 2.79. The standard InChI is InChI=1S/C21H23N7O3/c1-30-12-13-31-18-9-5-16(6-10-18)26-20-24-14-25-21(27-20)28(23)17-7-2-15(3-8-17)4-11-19(22)29/h2-11,14H,12-13,23H2,1H3,(H2,22,29)(H,24,25,26,27)/b11-4+. The van der Waals surface area contributed by atoms with E-state index in [0.29, 0.717) is 24.8 Å². The second-order valence-corrected chi connectivity index (χ2v) is 6.30. The van der Waals surface area contributed by atoms with Gasteiger partial charge in [-0.1, -0.05) is 12.1 Å². The second-order valence-electron chi connectivity index (χ2n) is 6.30. The van der Waals surface area contributed by atoms with E-state index in [1.54, 1.807) is 37.5 Å². The van der Waals surface area contributed by atoms with E-state index in [2.05, 4.69) is 20.3 Å². The minimum Gasteiger partial charge on any atom is -0.491 e. The summed E-state index contributed by atoms with van der Waals surface area (Å²) in [5.41, 5.74) is 7.35. The molecule has 0 radical (unpaired) electrons. The van der Waals surface area contributed by atoms with Crippen LogP contribution in [-0.2, 0) is 9.53 Å². The van der Waals surface area contributed by atoms with Crippen LogP contribution in [0.15, 0.2) is 60.9 Å². The molecule has 1 heterocycles. The lowest BCUT2D eigenvalue weighted by molar-refractivity contribution is -0.113. The monoisotopic (exact) mass is 421 g/mol. The number of nitrogens with zero attached hydrogens (tertiary/aromatic N) is 4. The van der Waals surface area contributed by atoms with Gasteiger partial charge in [-0.25, -0.2) is 15.8 Å². The van der Waals surface area contributed by atoms with Gasteiger partial charge in [0.05, 0.1) is 12.3 Å². The van der Waals surface area contributed by atoms with Gasteiger partial charge in [-0.2, -0.15) is 9.97 Å². The number of carbonyl (C=O) groups excluding carboxylic acids is 1. The molecule has 0 unspecified atom stereocenters. The third-order valence-corrected chi connectivity index (χ3v) is 4.05. The largest absolute Gasteiger partial charge is 0.491 e. The number of hydrogen-bond acceptors (Lipinski definition) is 9. The minimum absolute atomic E-state index is 0.262. The Morgan fingerprint density at radius 3 is 2.52 bits per heavy atom. The Morgan fingerprint density at radius 2 is 1.84 bits per heavy atom. The summed E-state index contributed by atoms with van der Waals surface area (Å²) < 4.78 is 10.5. The molecule has 3 rings (SSSR count). The molecular formula is C21H23N7O3. The maximum absolute atomic E-state index is 10.8. The van der Waals surface area contributed by atoms with Crippen LogP contribution in [0.1, 0.15) is 5.56 Å². The SMILES string of the molecule is COCCOc1ccc(Nc2ncnc(N(N)c3ccc(/C=C/C(N)=O)cc3)n2)cc1. The lowest BCUT2D eigenvalue weighted by atomic mass is 10.2. The summed E-state index contributed by atoms with van der Waals surface area (Å²) in [5, 5.41) is 4.44. The summed E-state index contributed by atoms with van der Waals surface area (Å²) in [5.74, 6) is 6.99. The highest BCUT2D eigenvalue weighted by Crippen LogP contribution is 2.22. The van der Waals surface area contributed by atoms with Gasteiger partial charge in [0.25, 0.3) is 0 Å². The van der Waals surface area contributed by atoms with E-state index < -0.39 is 5.91 Å². The van der Waals surface area contributed by atoms with Crippen molar-refractivity contribution in [3.8, 4) is 5.75 Å². The maximum atomic E-state index is 10.8. The van der Waals surface area contributed by atoms with Crippen LogP contribution in [-0.4, -0.2) is 41.2 Å². The number of nitrogens with one attached hydrogen (secondary N) is 1. The molecule has 0 saturated carbocycles. The predicted molar refractivity (Wildman–Crippen MR) is 118 cm³/mol. The zero-order chi connectivity index (χ0) is 22.1. The fourth-order valence-corrected chi connectivity index (χ4v) is 2.51. The summed E-state index contributed by atoms with van der Waals surface area (Å²) >= 11 is 0. The number of ether oxygens (including phenoxy) is 2.